The lowest BCUT2D eigenvalue weighted by atomic mass is 9.69. The van der Waals surface area contributed by atoms with Gasteiger partial charge in [0.05, 0.1) is 5.92 Å². The van der Waals surface area contributed by atoms with Crippen LogP contribution in [0.25, 0.3) is 0 Å². The van der Waals surface area contributed by atoms with Crippen molar-refractivity contribution in [2.45, 2.75) is 89.1 Å². The Balaban J connectivity index is 1.48. The molecule has 0 saturated heterocycles. The third kappa shape index (κ3) is 3.81. The number of carbonyl (C=O) groups excluding carboxylic acids is 1. The van der Waals surface area contributed by atoms with Crippen molar-refractivity contribution in [1.29, 1.82) is 0 Å². The van der Waals surface area contributed by atoms with Crippen molar-refractivity contribution in [3.8, 4) is 0 Å². The molecule has 3 saturated carbocycles. The van der Waals surface area contributed by atoms with Crippen molar-refractivity contribution >= 4 is 12.0 Å². The van der Waals surface area contributed by atoms with Gasteiger partial charge in [-0.3, -0.25) is 4.79 Å². The van der Waals surface area contributed by atoms with Crippen LogP contribution in [0.4, 0.5) is 4.79 Å². The smallest absolute Gasteiger partial charge is 0.315 e. The second kappa shape index (κ2) is 7.10. The maximum Gasteiger partial charge on any atom is 0.315 e. The molecule has 5 nitrogen and oxygen atoms in total. The lowest BCUT2D eigenvalue weighted by molar-refractivity contribution is -0.142. The van der Waals surface area contributed by atoms with E-state index >= 15 is 0 Å². The number of amides is 2. The summed E-state index contributed by atoms with van der Waals surface area (Å²) in [6, 6.07) is 0.421. The zero-order chi connectivity index (χ0) is 16.3. The molecule has 1 atom stereocenters. The van der Waals surface area contributed by atoms with Crippen molar-refractivity contribution in [3.05, 3.63) is 0 Å². The Labute approximate surface area is 138 Å². The molecule has 0 radical (unpaired) electrons. The molecule has 3 aliphatic carbocycles. The fraction of sp³-hybridized carbons (Fsp3) is 0.889. The zero-order valence-corrected chi connectivity index (χ0v) is 14.0. The molecular formula is C18H30N2O3. The van der Waals surface area contributed by atoms with Crippen LogP contribution in [0.15, 0.2) is 0 Å². The van der Waals surface area contributed by atoms with Gasteiger partial charge in [0, 0.05) is 12.1 Å². The molecule has 0 aromatic rings. The van der Waals surface area contributed by atoms with Gasteiger partial charge in [-0.25, -0.2) is 4.79 Å². The van der Waals surface area contributed by atoms with E-state index in [2.05, 4.69) is 10.6 Å². The molecule has 0 bridgehead atoms. The Morgan fingerprint density at radius 3 is 2.04 bits per heavy atom. The molecule has 1 spiro atoms. The normalized spacial score (nSPS) is 33.3. The monoisotopic (exact) mass is 322 g/mol. The van der Waals surface area contributed by atoms with Crippen LogP contribution in [0.5, 0.6) is 0 Å². The Morgan fingerprint density at radius 1 is 0.826 bits per heavy atom. The van der Waals surface area contributed by atoms with Gasteiger partial charge in [-0.2, -0.15) is 0 Å². The van der Waals surface area contributed by atoms with Crippen LogP contribution in [0.3, 0.4) is 0 Å². The van der Waals surface area contributed by atoms with Crippen molar-refractivity contribution in [3.63, 3.8) is 0 Å². The first-order chi connectivity index (χ1) is 11.1. The largest absolute Gasteiger partial charge is 0.481 e. The van der Waals surface area contributed by atoms with Crippen LogP contribution in [-0.2, 0) is 4.79 Å². The van der Waals surface area contributed by atoms with E-state index in [1.165, 1.54) is 44.9 Å². The van der Waals surface area contributed by atoms with Gasteiger partial charge in [0.25, 0.3) is 0 Å². The molecule has 2 amide bonds. The Morgan fingerprint density at radius 2 is 1.43 bits per heavy atom. The summed E-state index contributed by atoms with van der Waals surface area (Å²) in [6.45, 7) is 0. The van der Waals surface area contributed by atoms with E-state index in [-0.39, 0.29) is 18.0 Å². The highest BCUT2D eigenvalue weighted by Gasteiger charge is 2.43. The molecule has 3 N–H and O–H groups in total. The van der Waals surface area contributed by atoms with Gasteiger partial charge in [-0.15, -0.1) is 0 Å². The topological polar surface area (TPSA) is 78.4 Å². The average molecular weight is 322 g/mol. The number of urea groups is 1. The van der Waals surface area contributed by atoms with Crippen LogP contribution < -0.4 is 10.6 Å². The van der Waals surface area contributed by atoms with Gasteiger partial charge in [-0.05, 0) is 56.8 Å². The molecule has 0 heterocycles. The predicted octanol–water partition coefficient (Wildman–Crippen LogP) is 3.43. The van der Waals surface area contributed by atoms with Gasteiger partial charge < -0.3 is 15.7 Å². The maximum absolute atomic E-state index is 12.4. The summed E-state index contributed by atoms with van der Waals surface area (Å²) in [4.78, 5) is 23.4. The number of carbonyl (C=O) groups is 2. The molecule has 3 fully saturated rings. The highest BCUT2D eigenvalue weighted by molar-refractivity contribution is 5.75. The molecule has 130 valence electrons. The second-order valence-corrected chi connectivity index (χ2v) is 7.87. The van der Waals surface area contributed by atoms with Crippen LogP contribution in [0.2, 0.25) is 0 Å². The number of aliphatic carboxylic acids is 1. The van der Waals surface area contributed by atoms with Gasteiger partial charge in [0.2, 0.25) is 0 Å². The SMILES string of the molecule is O=C(NC1CCC(C(=O)O)CC1)NC1CCCCC12CCCC2. The minimum absolute atomic E-state index is 0.0399. The van der Waals surface area contributed by atoms with Crippen LogP contribution in [0.1, 0.15) is 77.0 Å². The zero-order valence-electron chi connectivity index (χ0n) is 14.0. The fourth-order valence-electron chi connectivity index (χ4n) is 5.08. The molecule has 3 aliphatic rings. The first-order valence-corrected chi connectivity index (χ1v) is 9.39. The van der Waals surface area contributed by atoms with E-state index in [9.17, 15) is 9.59 Å². The summed E-state index contributed by atoms with van der Waals surface area (Å²) in [7, 11) is 0. The highest BCUT2D eigenvalue weighted by Crippen LogP contribution is 2.49. The minimum atomic E-state index is -0.696. The van der Waals surface area contributed by atoms with Gasteiger partial charge >= 0.3 is 12.0 Å². The van der Waals surface area contributed by atoms with Crippen molar-refractivity contribution in [2.75, 3.05) is 0 Å². The van der Waals surface area contributed by atoms with E-state index < -0.39 is 5.97 Å². The maximum atomic E-state index is 12.4. The third-order valence-corrected chi connectivity index (χ3v) is 6.47. The van der Waals surface area contributed by atoms with E-state index in [0.29, 0.717) is 24.3 Å². The van der Waals surface area contributed by atoms with Crippen molar-refractivity contribution in [2.24, 2.45) is 11.3 Å². The summed E-state index contributed by atoms with van der Waals surface area (Å²) in [5.41, 5.74) is 0.358. The first-order valence-electron chi connectivity index (χ1n) is 9.39. The number of nitrogens with one attached hydrogen (secondary N) is 2. The Bertz CT molecular complexity index is 438. The number of rotatable bonds is 3. The lowest BCUT2D eigenvalue weighted by Gasteiger charge is -2.42. The van der Waals surface area contributed by atoms with E-state index in [4.69, 9.17) is 5.11 Å². The van der Waals surface area contributed by atoms with Crippen molar-refractivity contribution in [1.82, 2.24) is 10.6 Å². The Hall–Kier alpha value is -1.26. The quantitative estimate of drug-likeness (QED) is 0.745. The van der Waals surface area contributed by atoms with Gasteiger partial charge in [0.15, 0.2) is 0 Å². The van der Waals surface area contributed by atoms with Crippen LogP contribution in [0, 0.1) is 11.3 Å². The highest BCUT2D eigenvalue weighted by atomic mass is 16.4. The van der Waals surface area contributed by atoms with Gasteiger partial charge in [-0.1, -0.05) is 25.7 Å². The summed E-state index contributed by atoms with van der Waals surface area (Å²) in [6.07, 6.45) is 12.9. The Kier molecular flexibility index (Phi) is 5.12. The predicted molar refractivity (Wildman–Crippen MR) is 88.2 cm³/mol. The summed E-state index contributed by atoms with van der Waals surface area (Å²) < 4.78 is 0. The lowest BCUT2D eigenvalue weighted by Crippen LogP contribution is -2.53. The van der Waals surface area contributed by atoms with Crippen molar-refractivity contribution < 1.29 is 14.7 Å². The van der Waals surface area contributed by atoms with Crippen LogP contribution in [-0.4, -0.2) is 29.2 Å². The summed E-state index contributed by atoms with van der Waals surface area (Å²) in [5, 5.41) is 15.4. The van der Waals surface area contributed by atoms with Crippen LogP contribution >= 0.6 is 0 Å². The van der Waals surface area contributed by atoms with E-state index in [0.717, 1.165) is 19.3 Å². The molecular weight excluding hydrogens is 292 g/mol. The third-order valence-electron chi connectivity index (χ3n) is 6.47. The molecule has 5 heteroatoms. The molecule has 0 aromatic heterocycles. The average Bonchev–Trinajstić information content (AvgIpc) is 2.99. The number of hydrogen-bond acceptors (Lipinski definition) is 2. The fourth-order valence-corrected chi connectivity index (χ4v) is 5.08. The van der Waals surface area contributed by atoms with Gasteiger partial charge in [0.1, 0.15) is 0 Å². The van der Waals surface area contributed by atoms with E-state index in [1.54, 1.807) is 0 Å². The standard InChI is InChI=1S/C18H30N2O3/c21-16(22)13-6-8-14(9-7-13)19-17(23)20-15-5-1-2-10-18(15)11-3-4-12-18/h13-15H,1-12H2,(H,21,22)(H2,19,20,23). The second-order valence-electron chi connectivity index (χ2n) is 7.87. The summed E-state index contributed by atoms with van der Waals surface area (Å²) >= 11 is 0. The molecule has 1 unspecified atom stereocenters. The minimum Gasteiger partial charge on any atom is -0.481 e. The molecule has 3 rings (SSSR count). The molecule has 0 aromatic carbocycles. The number of carboxylic acid groups (broad SMARTS) is 1. The molecule has 23 heavy (non-hydrogen) atoms. The molecule has 0 aliphatic heterocycles. The number of carboxylic acids is 1. The first kappa shape index (κ1) is 16.6. The summed E-state index contributed by atoms with van der Waals surface area (Å²) in [5.74, 6) is -0.922. The van der Waals surface area contributed by atoms with E-state index in [1.807, 2.05) is 0 Å². The number of hydrogen-bond donors (Lipinski definition) is 3.